The zero-order valence-corrected chi connectivity index (χ0v) is 11.7. The van der Waals surface area contributed by atoms with E-state index in [1.54, 1.807) is 6.07 Å². The van der Waals surface area contributed by atoms with Crippen molar-refractivity contribution in [2.75, 3.05) is 11.4 Å². The van der Waals surface area contributed by atoms with E-state index in [1.165, 1.54) is 6.07 Å². The van der Waals surface area contributed by atoms with E-state index in [-0.39, 0.29) is 18.3 Å². The Balaban J connectivity index is 2.40. The van der Waals surface area contributed by atoms with Gasteiger partial charge in [-0.2, -0.15) is 13.2 Å². The first-order valence-electron chi connectivity index (χ1n) is 6.90. The SMILES string of the molecule is CC1CCN(c2ccc(CO)cc2C(F)(F)F)C(C)C1. The van der Waals surface area contributed by atoms with Gasteiger partial charge in [-0.3, -0.25) is 0 Å². The van der Waals surface area contributed by atoms with Gasteiger partial charge in [-0.05, 0) is 43.4 Å². The molecule has 112 valence electrons. The summed E-state index contributed by atoms with van der Waals surface area (Å²) in [6.07, 6.45) is -2.59. The Morgan fingerprint density at radius 3 is 2.55 bits per heavy atom. The van der Waals surface area contributed by atoms with Crippen LogP contribution in [0.1, 0.15) is 37.8 Å². The van der Waals surface area contributed by atoms with Crippen molar-refractivity contribution in [3.8, 4) is 0 Å². The van der Waals surface area contributed by atoms with Gasteiger partial charge < -0.3 is 10.0 Å². The lowest BCUT2D eigenvalue weighted by Crippen LogP contribution is -2.41. The molecule has 0 bridgehead atoms. The van der Waals surface area contributed by atoms with Crippen molar-refractivity contribution in [1.82, 2.24) is 0 Å². The number of aliphatic hydroxyl groups excluding tert-OH is 1. The monoisotopic (exact) mass is 287 g/mol. The second-order valence-electron chi connectivity index (χ2n) is 5.68. The van der Waals surface area contributed by atoms with Crippen LogP contribution in [0.15, 0.2) is 18.2 Å². The Kier molecular flexibility index (Phi) is 4.28. The minimum atomic E-state index is -4.40. The number of halogens is 3. The van der Waals surface area contributed by atoms with Crippen LogP contribution >= 0.6 is 0 Å². The molecule has 1 aromatic carbocycles. The van der Waals surface area contributed by atoms with E-state index >= 15 is 0 Å². The maximum atomic E-state index is 13.2. The van der Waals surface area contributed by atoms with Crippen molar-refractivity contribution >= 4 is 5.69 Å². The number of hydrogen-bond acceptors (Lipinski definition) is 2. The lowest BCUT2D eigenvalue weighted by atomic mass is 9.92. The van der Waals surface area contributed by atoms with E-state index in [2.05, 4.69) is 6.92 Å². The van der Waals surface area contributed by atoms with Gasteiger partial charge in [0, 0.05) is 18.3 Å². The highest BCUT2D eigenvalue weighted by molar-refractivity contribution is 5.57. The quantitative estimate of drug-likeness (QED) is 0.893. The van der Waals surface area contributed by atoms with Gasteiger partial charge in [-0.1, -0.05) is 13.0 Å². The van der Waals surface area contributed by atoms with Gasteiger partial charge in [0.25, 0.3) is 0 Å². The molecule has 1 heterocycles. The molecule has 0 spiro atoms. The fourth-order valence-electron chi connectivity index (χ4n) is 2.92. The van der Waals surface area contributed by atoms with Crippen LogP contribution in [0.5, 0.6) is 0 Å². The maximum absolute atomic E-state index is 13.2. The number of anilines is 1. The van der Waals surface area contributed by atoms with E-state index in [1.807, 2.05) is 11.8 Å². The van der Waals surface area contributed by atoms with Crippen molar-refractivity contribution in [1.29, 1.82) is 0 Å². The second-order valence-corrected chi connectivity index (χ2v) is 5.68. The molecule has 1 aliphatic rings. The van der Waals surface area contributed by atoms with Gasteiger partial charge in [-0.15, -0.1) is 0 Å². The summed E-state index contributed by atoms with van der Waals surface area (Å²) in [6, 6.07) is 4.20. The van der Waals surface area contributed by atoms with E-state index in [9.17, 15) is 13.2 Å². The van der Waals surface area contributed by atoms with Crippen LogP contribution in [-0.4, -0.2) is 17.7 Å². The molecule has 1 saturated heterocycles. The first kappa shape index (κ1) is 15.2. The smallest absolute Gasteiger partial charge is 0.392 e. The minimum absolute atomic E-state index is 0.0971. The molecule has 1 aliphatic heterocycles. The Labute approximate surface area is 117 Å². The van der Waals surface area contributed by atoms with E-state index < -0.39 is 11.7 Å². The Morgan fingerprint density at radius 1 is 1.30 bits per heavy atom. The molecule has 1 N–H and O–H groups in total. The molecule has 1 fully saturated rings. The summed E-state index contributed by atoms with van der Waals surface area (Å²) >= 11 is 0. The lowest BCUT2D eigenvalue weighted by Gasteiger charge is -2.39. The lowest BCUT2D eigenvalue weighted by molar-refractivity contribution is -0.137. The number of rotatable bonds is 2. The van der Waals surface area contributed by atoms with Crippen LogP contribution in [0.3, 0.4) is 0 Å². The zero-order chi connectivity index (χ0) is 14.9. The van der Waals surface area contributed by atoms with Gasteiger partial charge in [0.1, 0.15) is 0 Å². The van der Waals surface area contributed by atoms with E-state index in [0.29, 0.717) is 18.0 Å². The number of piperidine rings is 1. The molecule has 0 radical (unpaired) electrons. The van der Waals surface area contributed by atoms with Crippen LogP contribution in [0.2, 0.25) is 0 Å². The average molecular weight is 287 g/mol. The highest BCUT2D eigenvalue weighted by atomic mass is 19.4. The molecule has 5 heteroatoms. The second kappa shape index (κ2) is 5.64. The zero-order valence-electron chi connectivity index (χ0n) is 11.7. The molecule has 0 saturated carbocycles. The van der Waals surface area contributed by atoms with E-state index in [0.717, 1.165) is 18.9 Å². The molecular weight excluding hydrogens is 267 g/mol. The average Bonchev–Trinajstić information content (AvgIpc) is 2.37. The fraction of sp³-hybridized carbons (Fsp3) is 0.600. The summed E-state index contributed by atoms with van der Waals surface area (Å²) in [4.78, 5) is 1.84. The van der Waals surface area contributed by atoms with Gasteiger partial charge in [-0.25, -0.2) is 0 Å². The number of nitrogens with zero attached hydrogens (tertiary/aromatic N) is 1. The Hall–Kier alpha value is -1.23. The molecule has 1 aromatic rings. The maximum Gasteiger partial charge on any atom is 0.418 e. The summed E-state index contributed by atoms with van der Waals surface area (Å²) in [7, 11) is 0. The summed E-state index contributed by atoms with van der Waals surface area (Å²) in [5.74, 6) is 0.548. The van der Waals surface area contributed by atoms with Gasteiger partial charge in [0.2, 0.25) is 0 Å². The van der Waals surface area contributed by atoms with Crippen LogP contribution in [0.25, 0.3) is 0 Å². The Morgan fingerprint density at radius 2 is 2.00 bits per heavy atom. The molecule has 2 nitrogen and oxygen atoms in total. The van der Waals surface area contributed by atoms with Crippen LogP contribution in [0, 0.1) is 5.92 Å². The predicted molar refractivity (Wildman–Crippen MR) is 72.6 cm³/mol. The van der Waals surface area contributed by atoms with Crippen molar-refractivity contribution in [3.05, 3.63) is 29.3 Å². The molecule has 2 rings (SSSR count). The third kappa shape index (κ3) is 3.08. The van der Waals surface area contributed by atoms with Crippen LogP contribution < -0.4 is 4.90 Å². The third-order valence-corrected chi connectivity index (χ3v) is 4.00. The summed E-state index contributed by atoms with van der Waals surface area (Å²) < 4.78 is 39.6. The predicted octanol–water partition coefficient (Wildman–Crippen LogP) is 3.82. The number of benzene rings is 1. The number of alkyl halides is 3. The van der Waals surface area contributed by atoms with Gasteiger partial charge in [0.15, 0.2) is 0 Å². The van der Waals surface area contributed by atoms with Gasteiger partial charge >= 0.3 is 6.18 Å². The molecule has 0 aliphatic carbocycles. The largest absolute Gasteiger partial charge is 0.418 e. The highest BCUT2D eigenvalue weighted by Gasteiger charge is 2.36. The molecule has 2 unspecified atom stereocenters. The normalized spacial score (nSPS) is 24.0. The fourth-order valence-corrected chi connectivity index (χ4v) is 2.92. The topological polar surface area (TPSA) is 23.5 Å². The van der Waals surface area contributed by atoms with Crippen molar-refractivity contribution in [2.24, 2.45) is 5.92 Å². The first-order valence-corrected chi connectivity index (χ1v) is 6.90. The Bertz CT molecular complexity index is 473. The molecular formula is C15H20F3NO. The van der Waals surface area contributed by atoms with Crippen LogP contribution in [0.4, 0.5) is 18.9 Å². The molecule has 0 aromatic heterocycles. The number of aliphatic hydroxyl groups is 1. The van der Waals surface area contributed by atoms with E-state index in [4.69, 9.17) is 5.11 Å². The first-order chi connectivity index (χ1) is 9.32. The van der Waals surface area contributed by atoms with Crippen molar-refractivity contribution in [3.63, 3.8) is 0 Å². The van der Waals surface area contributed by atoms with Crippen LogP contribution in [-0.2, 0) is 12.8 Å². The minimum Gasteiger partial charge on any atom is -0.392 e. The molecule has 2 atom stereocenters. The summed E-state index contributed by atoms with van der Waals surface area (Å²) in [5, 5.41) is 9.03. The highest BCUT2D eigenvalue weighted by Crippen LogP contribution is 2.39. The van der Waals surface area contributed by atoms with Crippen molar-refractivity contribution in [2.45, 2.75) is 45.5 Å². The standard InChI is InChI=1S/C15H20F3NO/c1-10-5-6-19(11(2)7-10)14-4-3-12(9-20)8-13(14)15(16,17)18/h3-4,8,10-11,20H,5-7,9H2,1-2H3. The summed E-state index contributed by atoms with van der Waals surface area (Å²) in [5.41, 5.74) is -0.126. The van der Waals surface area contributed by atoms with Gasteiger partial charge in [0.05, 0.1) is 12.2 Å². The number of hydrogen-bond donors (Lipinski definition) is 1. The van der Waals surface area contributed by atoms with Crippen molar-refractivity contribution < 1.29 is 18.3 Å². The molecule has 0 amide bonds. The third-order valence-electron chi connectivity index (χ3n) is 4.00. The molecule has 20 heavy (non-hydrogen) atoms. The summed E-state index contributed by atoms with van der Waals surface area (Å²) in [6.45, 7) is 4.36.